The van der Waals surface area contributed by atoms with Crippen LogP contribution in [-0.2, 0) is 28.6 Å². The molecule has 0 spiro atoms. The number of amides is 2. The van der Waals surface area contributed by atoms with Crippen molar-refractivity contribution in [3.05, 3.63) is 0 Å². The van der Waals surface area contributed by atoms with Crippen molar-refractivity contribution in [2.24, 2.45) is 5.73 Å². The maximum Gasteiger partial charge on any atom is 0.305 e. The molecule has 10 atom stereocenters. The molecule has 202 valence electrons. The molecule has 2 aliphatic rings. The van der Waals surface area contributed by atoms with Crippen LogP contribution in [0, 0.1) is 0 Å². The molecule has 16 heteroatoms. The Morgan fingerprint density at radius 2 is 1.83 bits per heavy atom. The zero-order chi connectivity index (χ0) is 26.7. The molecule has 0 saturated carbocycles. The Morgan fingerprint density at radius 3 is 2.31 bits per heavy atom. The Labute approximate surface area is 199 Å². The van der Waals surface area contributed by atoms with E-state index in [4.69, 9.17) is 25.1 Å². The number of ether oxygens (including phenoxy) is 3. The van der Waals surface area contributed by atoms with Gasteiger partial charge in [0.1, 0.15) is 36.1 Å². The number of nitrogens with one attached hydrogen (secondary N) is 2. The maximum atomic E-state index is 12.7. The predicted octanol–water partition coefficient (Wildman–Crippen LogP) is -6.28. The summed E-state index contributed by atoms with van der Waals surface area (Å²) in [6, 6.07) is -3.52. The van der Waals surface area contributed by atoms with Gasteiger partial charge in [0, 0.05) is 14.0 Å². The van der Waals surface area contributed by atoms with Gasteiger partial charge in [0.15, 0.2) is 11.8 Å². The first-order valence-electron chi connectivity index (χ1n) is 10.7. The summed E-state index contributed by atoms with van der Waals surface area (Å²) in [5.74, 6) is -3.45. The second kappa shape index (κ2) is 11.4. The van der Waals surface area contributed by atoms with E-state index in [0.717, 1.165) is 14.0 Å². The van der Waals surface area contributed by atoms with Crippen LogP contribution in [0.1, 0.15) is 13.3 Å². The highest BCUT2D eigenvalue weighted by molar-refractivity contribution is 5.86. The molecule has 2 heterocycles. The van der Waals surface area contributed by atoms with Gasteiger partial charge in [0.25, 0.3) is 0 Å². The third kappa shape index (κ3) is 5.12. The number of carboxylic acids is 1. The number of aliphatic hydroxyl groups is 6. The number of carbonyl (C=O) groups is 3. The zero-order valence-electron chi connectivity index (χ0n) is 19.1. The molecule has 2 aliphatic heterocycles. The lowest BCUT2D eigenvalue weighted by Crippen LogP contribution is -2.90. The van der Waals surface area contributed by atoms with Crippen molar-refractivity contribution < 1.29 is 64.3 Å². The fraction of sp³-hybridized carbons (Fsp3) is 0.842. The first-order chi connectivity index (χ1) is 16.3. The van der Waals surface area contributed by atoms with Crippen molar-refractivity contribution in [3.8, 4) is 0 Å². The Bertz CT molecular complexity index is 783. The number of aliphatic carboxylic acids is 1. The van der Waals surface area contributed by atoms with Crippen LogP contribution in [-0.4, -0.2) is 140 Å². The molecule has 35 heavy (non-hydrogen) atoms. The lowest BCUT2D eigenvalue weighted by molar-refractivity contribution is -0.353. The van der Waals surface area contributed by atoms with Crippen molar-refractivity contribution in [1.82, 2.24) is 10.6 Å². The summed E-state index contributed by atoms with van der Waals surface area (Å²) in [4.78, 5) is 35.9. The minimum Gasteiger partial charge on any atom is -0.481 e. The molecule has 0 bridgehead atoms. The van der Waals surface area contributed by atoms with Gasteiger partial charge in [-0.3, -0.25) is 14.4 Å². The van der Waals surface area contributed by atoms with Gasteiger partial charge in [-0.1, -0.05) is 0 Å². The Kier molecular flexibility index (Phi) is 9.51. The number of rotatable bonds is 9. The zero-order valence-corrected chi connectivity index (χ0v) is 19.1. The van der Waals surface area contributed by atoms with Crippen molar-refractivity contribution in [3.63, 3.8) is 0 Å². The summed E-state index contributed by atoms with van der Waals surface area (Å²) in [6.45, 7) is -1.36. The average molecular weight is 511 g/mol. The van der Waals surface area contributed by atoms with Crippen LogP contribution in [0.5, 0.6) is 0 Å². The lowest BCUT2D eigenvalue weighted by atomic mass is 9.62. The number of aliphatic hydroxyl groups excluding tert-OH is 5. The topological polar surface area (TPSA) is 271 Å². The number of carboxylic acid groups (broad SMARTS) is 1. The lowest BCUT2D eigenvalue weighted by Gasteiger charge is -2.62. The van der Waals surface area contributed by atoms with Crippen LogP contribution in [0.2, 0.25) is 0 Å². The number of hydrogen-bond acceptors (Lipinski definition) is 13. The van der Waals surface area contributed by atoms with E-state index in [1.54, 1.807) is 0 Å². The predicted molar refractivity (Wildman–Crippen MR) is 111 cm³/mol. The highest BCUT2D eigenvalue weighted by atomic mass is 16.7. The average Bonchev–Trinajstić information content (AvgIpc) is 2.79. The van der Waals surface area contributed by atoms with Gasteiger partial charge in [0.2, 0.25) is 11.8 Å². The van der Waals surface area contributed by atoms with Gasteiger partial charge in [0.05, 0.1) is 38.3 Å². The molecular formula is C19H33N3O13. The summed E-state index contributed by atoms with van der Waals surface area (Å²) in [6.07, 6.45) is -11.7. The largest absolute Gasteiger partial charge is 0.481 e. The highest BCUT2D eigenvalue weighted by Crippen LogP contribution is 2.45. The van der Waals surface area contributed by atoms with Gasteiger partial charge in [-0.25, -0.2) is 0 Å². The minimum absolute atomic E-state index is 0.556. The van der Waals surface area contributed by atoms with Crippen LogP contribution in [0.25, 0.3) is 0 Å². The van der Waals surface area contributed by atoms with Gasteiger partial charge in [-0.2, -0.15) is 0 Å². The summed E-state index contributed by atoms with van der Waals surface area (Å²) < 4.78 is 16.1. The molecule has 2 saturated heterocycles. The Hall–Kier alpha value is -1.99. The molecule has 2 fully saturated rings. The van der Waals surface area contributed by atoms with Gasteiger partial charge >= 0.3 is 5.97 Å². The van der Waals surface area contributed by atoms with Crippen molar-refractivity contribution in [1.29, 1.82) is 0 Å². The summed E-state index contributed by atoms with van der Waals surface area (Å²) in [7, 11) is 1.05. The molecule has 2 rings (SSSR count). The molecule has 16 nitrogen and oxygen atoms in total. The quantitative estimate of drug-likeness (QED) is 0.138. The monoisotopic (exact) mass is 511 g/mol. The molecule has 0 aliphatic carbocycles. The molecule has 0 aromatic carbocycles. The van der Waals surface area contributed by atoms with Crippen molar-refractivity contribution >= 4 is 17.8 Å². The van der Waals surface area contributed by atoms with Crippen molar-refractivity contribution in [2.75, 3.05) is 26.9 Å². The third-order valence-electron chi connectivity index (χ3n) is 6.29. The second-order valence-electron chi connectivity index (χ2n) is 8.50. The molecule has 11 N–H and O–H groups in total. The fourth-order valence-corrected chi connectivity index (χ4v) is 4.70. The van der Waals surface area contributed by atoms with E-state index in [2.05, 4.69) is 10.6 Å². The van der Waals surface area contributed by atoms with E-state index in [1.165, 1.54) is 0 Å². The smallest absolute Gasteiger partial charge is 0.305 e. The summed E-state index contributed by atoms with van der Waals surface area (Å²) in [5, 5.41) is 77.6. The molecule has 2 amide bonds. The van der Waals surface area contributed by atoms with Crippen LogP contribution in [0.15, 0.2) is 0 Å². The van der Waals surface area contributed by atoms with E-state index in [9.17, 15) is 45.0 Å². The van der Waals surface area contributed by atoms with Crippen LogP contribution < -0.4 is 16.4 Å². The second-order valence-corrected chi connectivity index (χ2v) is 8.50. The molecule has 1 unspecified atom stereocenters. The number of carbonyl (C=O) groups excluding carboxylic acids is 2. The number of methoxy groups -OCH3 is 1. The van der Waals surface area contributed by atoms with Gasteiger partial charge in [-0.15, -0.1) is 0 Å². The van der Waals surface area contributed by atoms with Crippen LogP contribution in [0.4, 0.5) is 0 Å². The minimum atomic E-state index is -2.88. The Balaban J connectivity index is 2.72. The van der Waals surface area contributed by atoms with E-state index < -0.39 is 104 Å². The third-order valence-corrected chi connectivity index (χ3v) is 6.29. The molecule has 0 aromatic heterocycles. The molecule has 0 aromatic rings. The molecular weight excluding hydrogens is 478 g/mol. The number of hydrogen-bond donors (Lipinski definition) is 10. The van der Waals surface area contributed by atoms with E-state index in [-0.39, 0.29) is 0 Å². The first kappa shape index (κ1) is 29.2. The Morgan fingerprint density at radius 1 is 1.20 bits per heavy atom. The van der Waals surface area contributed by atoms with E-state index in [1.807, 2.05) is 0 Å². The first-order valence-corrected chi connectivity index (χ1v) is 10.7. The van der Waals surface area contributed by atoms with E-state index >= 15 is 0 Å². The normalized spacial score (nSPS) is 40.5. The van der Waals surface area contributed by atoms with Crippen LogP contribution >= 0.6 is 0 Å². The van der Waals surface area contributed by atoms with Crippen LogP contribution in [0.3, 0.4) is 0 Å². The molecule has 0 radical (unpaired) electrons. The highest BCUT2D eigenvalue weighted by Gasteiger charge is 2.73. The van der Waals surface area contributed by atoms with Crippen molar-refractivity contribution in [2.45, 2.75) is 73.4 Å². The number of nitrogens with two attached hydrogens (primary N) is 1. The fourth-order valence-electron chi connectivity index (χ4n) is 4.70. The summed E-state index contributed by atoms with van der Waals surface area (Å²) in [5.41, 5.74) is 0.0743. The van der Waals surface area contributed by atoms with E-state index in [0.29, 0.717) is 0 Å². The summed E-state index contributed by atoms with van der Waals surface area (Å²) >= 11 is 0. The SMILES string of the molecule is CO[C@H]1O[C@H](CO)[C@@H](O)[C@H](O)[C@]1(NC(C)=O)[C@@]1(O)[C@@H](CO)OC[C@H](O)[C@@H]1NC(=O)C(N)CC(=O)O. The maximum absolute atomic E-state index is 12.7. The van der Waals surface area contributed by atoms with Gasteiger partial charge < -0.3 is 66.3 Å². The van der Waals surface area contributed by atoms with Gasteiger partial charge in [-0.05, 0) is 0 Å². The standard InChI is InChI=1S/C19H33N3O13/c1-7(25)22-18(15(30)13(29)10(4-23)35-17(18)33-2)19(32)11(5-24)34-6-9(26)14(19)21-16(31)8(20)3-12(27)28/h8-11,13-15,17,23-24,26,29-30,32H,3-6,20H2,1-2H3,(H,21,31)(H,22,25)(H,27,28)/t8?,9-,10+,11+,13+,14-,15-,17-,18+,19+/m0/s1.